The Morgan fingerprint density at radius 1 is 1.29 bits per heavy atom. The first kappa shape index (κ1) is 17.6. The van der Waals surface area contributed by atoms with Crippen molar-refractivity contribution in [2.75, 3.05) is 13.2 Å². The first-order valence-electron chi connectivity index (χ1n) is 8.39. The molecule has 0 aromatic carbocycles. The Hall–Kier alpha value is -1.24. The third kappa shape index (κ3) is 4.05. The highest BCUT2D eigenvalue weighted by Crippen LogP contribution is 2.38. The monoisotopic (exact) mass is 368 g/mol. The van der Waals surface area contributed by atoms with Crippen LogP contribution in [0.1, 0.15) is 48.9 Å². The number of ether oxygens (including phenoxy) is 2. The molecule has 24 heavy (non-hydrogen) atoms. The number of carbonyl (C=O) groups excluding carboxylic acids is 1. The third-order valence-electron chi connectivity index (χ3n) is 4.03. The number of fused-ring (bicyclic) bond motifs is 3. The molecule has 2 aromatic heterocycles. The second-order valence-corrected chi connectivity index (χ2v) is 7.33. The van der Waals surface area contributed by atoms with E-state index in [1.165, 1.54) is 23.3 Å². The van der Waals surface area contributed by atoms with Crippen molar-refractivity contribution in [2.45, 2.75) is 52.1 Å². The lowest BCUT2D eigenvalue weighted by Crippen LogP contribution is -2.14. The van der Waals surface area contributed by atoms with Crippen molar-refractivity contribution >= 4 is 39.1 Å². The summed E-state index contributed by atoms with van der Waals surface area (Å²) in [5.74, 6) is 0.148. The number of thiophene rings is 1. The number of aryl methyl sites for hydroxylation is 2. The Bertz CT molecular complexity index is 732. The van der Waals surface area contributed by atoms with E-state index in [4.69, 9.17) is 21.1 Å². The van der Waals surface area contributed by atoms with Gasteiger partial charge in [-0.2, -0.15) is 0 Å². The molecule has 5 nitrogen and oxygen atoms in total. The van der Waals surface area contributed by atoms with Gasteiger partial charge in [0.25, 0.3) is 0 Å². The van der Waals surface area contributed by atoms with Crippen LogP contribution in [0.2, 0.25) is 5.15 Å². The minimum absolute atomic E-state index is 0.0936. The van der Waals surface area contributed by atoms with Crippen molar-refractivity contribution < 1.29 is 14.3 Å². The van der Waals surface area contributed by atoms with Gasteiger partial charge in [-0.05, 0) is 37.7 Å². The second kappa shape index (κ2) is 8.23. The summed E-state index contributed by atoms with van der Waals surface area (Å²) in [6, 6.07) is 0. The predicted molar refractivity (Wildman–Crippen MR) is 94.6 cm³/mol. The van der Waals surface area contributed by atoms with Crippen LogP contribution in [0, 0.1) is 0 Å². The highest BCUT2D eigenvalue weighted by Gasteiger charge is 2.20. The van der Waals surface area contributed by atoms with Crippen molar-refractivity contribution in [3.63, 3.8) is 0 Å². The van der Waals surface area contributed by atoms with E-state index in [-0.39, 0.29) is 19.2 Å². The number of carbonyl (C=O) groups is 1. The van der Waals surface area contributed by atoms with E-state index in [0.717, 1.165) is 35.9 Å². The van der Waals surface area contributed by atoms with Crippen LogP contribution in [0.3, 0.4) is 0 Å². The maximum absolute atomic E-state index is 11.5. The molecule has 2 aromatic rings. The van der Waals surface area contributed by atoms with Crippen molar-refractivity contribution in [1.29, 1.82) is 0 Å². The van der Waals surface area contributed by atoms with E-state index in [1.54, 1.807) is 11.3 Å². The van der Waals surface area contributed by atoms with Gasteiger partial charge in [0, 0.05) is 4.88 Å². The summed E-state index contributed by atoms with van der Waals surface area (Å²) >= 11 is 8.07. The average molecular weight is 369 g/mol. The van der Waals surface area contributed by atoms with E-state index in [1.807, 2.05) is 6.92 Å². The molecule has 0 aliphatic heterocycles. The van der Waals surface area contributed by atoms with E-state index >= 15 is 0 Å². The summed E-state index contributed by atoms with van der Waals surface area (Å²) in [5, 5.41) is 1.49. The minimum Gasteiger partial charge on any atom is -0.464 e. The predicted octanol–water partition coefficient (Wildman–Crippen LogP) is 4.08. The van der Waals surface area contributed by atoms with Crippen molar-refractivity contribution in [1.82, 2.24) is 9.97 Å². The molecular formula is C17H21ClN2O3S. The van der Waals surface area contributed by atoms with Crippen molar-refractivity contribution in [2.24, 2.45) is 0 Å². The number of halogens is 1. The number of hydrogen-bond acceptors (Lipinski definition) is 6. The number of unbranched alkanes of at least 4 members (excludes halogenated alkanes) is 1. The molecule has 130 valence electrons. The normalized spacial score (nSPS) is 13.9. The molecular weight excluding hydrogens is 348 g/mol. The Balaban J connectivity index is 1.62. The van der Waals surface area contributed by atoms with Crippen LogP contribution < -0.4 is 0 Å². The van der Waals surface area contributed by atoms with Gasteiger partial charge < -0.3 is 9.47 Å². The lowest BCUT2D eigenvalue weighted by Gasteiger charge is -2.10. The SMILES string of the molecule is CCCCOC(=O)COCc1nc(Cl)c2c3c(sc2n1)CCCC3. The fraction of sp³-hybridized carbons (Fsp3) is 0.588. The van der Waals surface area contributed by atoms with E-state index in [9.17, 15) is 4.79 Å². The van der Waals surface area contributed by atoms with Gasteiger partial charge in [0.1, 0.15) is 23.2 Å². The average Bonchev–Trinajstić information content (AvgIpc) is 2.94. The fourth-order valence-electron chi connectivity index (χ4n) is 2.82. The van der Waals surface area contributed by atoms with Gasteiger partial charge in [-0.3, -0.25) is 0 Å². The summed E-state index contributed by atoms with van der Waals surface area (Å²) in [6.45, 7) is 2.54. The topological polar surface area (TPSA) is 61.3 Å². The zero-order valence-electron chi connectivity index (χ0n) is 13.8. The first-order valence-corrected chi connectivity index (χ1v) is 9.58. The van der Waals surface area contributed by atoms with Crippen LogP contribution in [0.4, 0.5) is 0 Å². The van der Waals surface area contributed by atoms with Gasteiger partial charge in [0.05, 0.1) is 12.0 Å². The van der Waals surface area contributed by atoms with Crippen LogP contribution in [0.15, 0.2) is 0 Å². The van der Waals surface area contributed by atoms with Gasteiger partial charge in [0.2, 0.25) is 0 Å². The molecule has 0 bridgehead atoms. The maximum Gasteiger partial charge on any atom is 0.332 e. The molecule has 7 heteroatoms. The Morgan fingerprint density at radius 2 is 2.12 bits per heavy atom. The third-order valence-corrected chi connectivity index (χ3v) is 5.49. The fourth-order valence-corrected chi connectivity index (χ4v) is 4.45. The maximum atomic E-state index is 11.5. The van der Waals surface area contributed by atoms with E-state index in [0.29, 0.717) is 17.6 Å². The summed E-state index contributed by atoms with van der Waals surface area (Å²) in [7, 11) is 0. The molecule has 0 atom stereocenters. The molecule has 0 saturated heterocycles. The largest absolute Gasteiger partial charge is 0.464 e. The number of rotatable bonds is 7. The second-order valence-electron chi connectivity index (χ2n) is 5.89. The molecule has 1 aliphatic carbocycles. The lowest BCUT2D eigenvalue weighted by atomic mass is 9.97. The lowest BCUT2D eigenvalue weighted by molar-refractivity contribution is -0.149. The van der Waals surface area contributed by atoms with Crippen molar-refractivity contribution in [3.8, 4) is 0 Å². The standard InChI is InChI=1S/C17H21ClN2O3S/c1-2-3-8-23-14(21)10-22-9-13-19-16(18)15-11-6-4-5-7-12(11)24-17(15)20-13/h2-10H2,1H3. The highest BCUT2D eigenvalue weighted by molar-refractivity contribution is 7.19. The summed E-state index contributed by atoms with van der Waals surface area (Å²) in [5.41, 5.74) is 1.32. The molecule has 0 unspecified atom stereocenters. The summed E-state index contributed by atoms with van der Waals surface area (Å²) in [4.78, 5) is 22.7. The molecule has 2 heterocycles. The van der Waals surface area contributed by atoms with Crippen LogP contribution in [-0.4, -0.2) is 29.2 Å². The quantitative estimate of drug-likeness (QED) is 0.418. The highest BCUT2D eigenvalue weighted by atomic mass is 35.5. The number of esters is 1. The number of hydrogen-bond donors (Lipinski definition) is 0. The Kier molecular flexibility index (Phi) is 6.03. The zero-order chi connectivity index (χ0) is 16.9. The van der Waals surface area contributed by atoms with E-state index in [2.05, 4.69) is 9.97 Å². The Labute approximate surface area is 150 Å². The Morgan fingerprint density at radius 3 is 2.96 bits per heavy atom. The molecule has 0 saturated carbocycles. The molecule has 1 aliphatic rings. The summed E-state index contributed by atoms with van der Waals surface area (Å²) < 4.78 is 10.4. The minimum atomic E-state index is -0.359. The van der Waals surface area contributed by atoms with Crippen LogP contribution in [0.5, 0.6) is 0 Å². The first-order chi connectivity index (χ1) is 11.7. The van der Waals surface area contributed by atoms with Crippen LogP contribution in [-0.2, 0) is 33.7 Å². The van der Waals surface area contributed by atoms with Gasteiger partial charge in [-0.15, -0.1) is 11.3 Å². The van der Waals surface area contributed by atoms with Crippen LogP contribution >= 0.6 is 22.9 Å². The molecule has 3 rings (SSSR count). The van der Waals surface area contributed by atoms with Crippen LogP contribution in [0.25, 0.3) is 10.2 Å². The molecule has 0 fully saturated rings. The van der Waals surface area contributed by atoms with Gasteiger partial charge >= 0.3 is 5.97 Å². The number of aromatic nitrogens is 2. The molecule has 0 radical (unpaired) electrons. The van der Waals surface area contributed by atoms with Gasteiger partial charge in [0.15, 0.2) is 5.82 Å². The molecule has 0 N–H and O–H groups in total. The zero-order valence-corrected chi connectivity index (χ0v) is 15.3. The summed E-state index contributed by atoms with van der Waals surface area (Å²) in [6.07, 6.45) is 6.43. The van der Waals surface area contributed by atoms with Gasteiger partial charge in [-0.25, -0.2) is 14.8 Å². The van der Waals surface area contributed by atoms with Crippen molar-refractivity contribution in [3.05, 3.63) is 21.4 Å². The smallest absolute Gasteiger partial charge is 0.332 e. The molecule has 0 spiro atoms. The molecule has 0 amide bonds. The number of nitrogens with zero attached hydrogens (tertiary/aromatic N) is 2. The van der Waals surface area contributed by atoms with E-state index < -0.39 is 0 Å². The van der Waals surface area contributed by atoms with Gasteiger partial charge in [-0.1, -0.05) is 24.9 Å².